The molecular formula is C19H25N3O5S. The number of hydrogen-bond acceptors (Lipinski definition) is 6. The van der Waals surface area contributed by atoms with Crippen molar-refractivity contribution in [2.75, 3.05) is 18.1 Å². The van der Waals surface area contributed by atoms with E-state index in [4.69, 9.17) is 4.74 Å². The highest BCUT2D eigenvalue weighted by Crippen LogP contribution is 2.21. The molecule has 2 aromatic heterocycles. The molecular weight excluding hydrogens is 382 g/mol. The second-order valence-corrected chi connectivity index (χ2v) is 9.44. The van der Waals surface area contributed by atoms with E-state index in [1.807, 2.05) is 32.9 Å². The molecule has 0 bridgehead atoms. The number of amides is 1. The predicted molar refractivity (Wildman–Crippen MR) is 104 cm³/mol. The molecule has 0 radical (unpaired) electrons. The summed E-state index contributed by atoms with van der Waals surface area (Å²) in [7, 11) is -3.12. The van der Waals surface area contributed by atoms with Crippen molar-refractivity contribution in [3.05, 3.63) is 35.8 Å². The fourth-order valence-electron chi connectivity index (χ4n) is 3.52. The van der Waals surface area contributed by atoms with Gasteiger partial charge in [-0.1, -0.05) is 13.0 Å². The lowest BCUT2D eigenvalue weighted by Crippen LogP contribution is -2.48. The Balaban J connectivity index is 1.69. The van der Waals surface area contributed by atoms with E-state index in [-0.39, 0.29) is 35.2 Å². The number of rotatable bonds is 6. The van der Waals surface area contributed by atoms with Gasteiger partial charge in [-0.2, -0.15) is 0 Å². The molecule has 1 fully saturated rings. The van der Waals surface area contributed by atoms with Crippen LogP contribution in [0.15, 0.2) is 24.4 Å². The van der Waals surface area contributed by atoms with Gasteiger partial charge < -0.3 is 14.0 Å². The van der Waals surface area contributed by atoms with Gasteiger partial charge in [0, 0.05) is 24.0 Å². The van der Waals surface area contributed by atoms with Crippen LogP contribution in [0.1, 0.15) is 42.9 Å². The smallest absolute Gasteiger partial charge is 0.359 e. The fraction of sp³-hybridized carbons (Fsp3) is 0.526. The number of hydrogen-bond donors (Lipinski definition) is 0. The number of nitrogens with zero attached hydrogens (tertiary/aromatic N) is 3. The summed E-state index contributed by atoms with van der Waals surface area (Å²) in [5, 5.41) is 0. The van der Waals surface area contributed by atoms with E-state index in [0.29, 0.717) is 18.5 Å². The average molecular weight is 407 g/mol. The Labute approximate surface area is 164 Å². The number of sulfone groups is 1. The molecule has 2 atom stereocenters. The first-order chi connectivity index (χ1) is 13.2. The minimum Gasteiger partial charge on any atom is -0.451 e. The third-order valence-corrected chi connectivity index (χ3v) is 6.94. The maximum Gasteiger partial charge on any atom is 0.359 e. The molecule has 0 aromatic carbocycles. The third kappa shape index (κ3) is 4.19. The van der Waals surface area contributed by atoms with Crippen LogP contribution in [0.25, 0.3) is 5.65 Å². The summed E-state index contributed by atoms with van der Waals surface area (Å²) < 4.78 is 30.6. The molecule has 1 amide bonds. The SMILES string of the molecule is CC[C@@H](C)N(C(=O)COC(=O)c1cn2c(C)cccc2n1)[C@H]1CCS(=O)(=O)C1. The number of carbonyl (C=O) groups is 2. The Hall–Kier alpha value is -2.42. The molecule has 0 aliphatic carbocycles. The highest BCUT2D eigenvalue weighted by atomic mass is 32.2. The topological polar surface area (TPSA) is 98.0 Å². The average Bonchev–Trinajstić information content (AvgIpc) is 3.24. The van der Waals surface area contributed by atoms with Crippen LogP contribution in [-0.4, -0.2) is 64.8 Å². The molecule has 2 aromatic rings. The molecule has 0 unspecified atom stereocenters. The van der Waals surface area contributed by atoms with Gasteiger partial charge >= 0.3 is 5.97 Å². The van der Waals surface area contributed by atoms with E-state index in [0.717, 1.165) is 5.69 Å². The normalized spacial score (nSPS) is 19.5. The van der Waals surface area contributed by atoms with Gasteiger partial charge in [0.25, 0.3) is 5.91 Å². The zero-order valence-corrected chi connectivity index (χ0v) is 17.1. The number of fused-ring (bicyclic) bond motifs is 1. The molecule has 3 rings (SSSR count). The molecule has 28 heavy (non-hydrogen) atoms. The van der Waals surface area contributed by atoms with Crippen molar-refractivity contribution in [3.8, 4) is 0 Å². The summed E-state index contributed by atoms with van der Waals surface area (Å²) in [6.45, 7) is 5.26. The first kappa shape index (κ1) is 20.3. The monoisotopic (exact) mass is 407 g/mol. The molecule has 1 aliphatic heterocycles. The van der Waals surface area contributed by atoms with Gasteiger partial charge in [-0.15, -0.1) is 0 Å². The van der Waals surface area contributed by atoms with Crippen LogP contribution in [0.5, 0.6) is 0 Å². The standard InChI is InChI=1S/C19H25N3O5S/c1-4-13(2)22(15-8-9-28(25,26)12-15)18(23)11-27-19(24)16-10-21-14(3)6-5-7-17(21)20-16/h5-7,10,13,15H,4,8-9,11-12H2,1-3H3/t13-,15+/m1/s1. The molecule has 0 N–H and O–H groups in total. The highest BCUT2D eigenvalue weighted by Gasteiger charge is 2.36. The van der Waals surface area contributed by atoms with Gasteiger partial charge in [0.15, 0.2) is 22.1 Å². The first-order valence-electron chi connectivity index (χ1n) is 9.35. The zero-order valence-electron chi connectivity index (χ0n) is 16.3. The largest absolute Gasteiger partial charge is 0.451 e. The number of carbonyl (C=O) groups excluding carboxylic acids is 2. The van der Waals surface area contributed by atoms with Gasteiger partial charge in [-0.3, -0.25) is 4.79 Å². The van der Waals surface area contributed by atoms with Gasteiger partial charge in [-0.05, 0) is 38.8 Å². The van der Waals surface area contributed by atoms with E-state index in [1.54, 1.807) is 21.6 Å². The van der Waals surface area contributed by atoms with Crippen LogP contribution in [0, 0.1) is 6.92 Å². The summed E-state index contributed by atoms with van der Waals surface area (Å²) in [5.74, 6) is -1.02. The maximum absolute atomic E-state index is 12.7. The maximum atomic E-state index is 12.7. The van der Waals surface area contributed by atoms with Crippen LogP contribution in [0.3, 0.4) is 0 Å². The van der Waals surface area contributed by atoms with E-state index < -0.39 is 22.4 Å². The summed E-state index contributed by atoms with van der Waals surface area (Å²) in [4.78, 5) is 30.9. The van der Waals surface area contributed by atoms with Gasteiger partial charge in [0.05, 0.1) is 11.5 Å². The van der Waals surface area contributed by atoms with Crippen LogP contribution in [0.2, 0.25) is 0 Å². The van der Waals surface area contributed by atoms with Crippen molar-refractivity contribution in [1.82, 2.24) is 14.3 Å². The van der Waals surface area contributed by atoms with Crippen molar-refractivity contribution in [1.29, 1.82) is 0 Å². The number of esters is 1. The molecule has 0 spiro atoms. The first-order valence-corrected chi connectivity index (χ1v) is 11.2. The van der Waals surface area contributed by atoms with Crippen molar-refractivity contribution < 1.29 is 22.7 Å². The molecule has 9 heteroatoms. The lowest BCUT2D eigenvalue weighted by Gasteiger charge is -2.33. The summed E-state index contributed by atoms with van der Waals surface area (Å²) in [6, 6.07) is 5.01. The van der Waals surface area contributed by atoms with Gasteiger partial charge in [-0.25, -0.2) is 18.2 Å². The highest BCUT2D eigenvalue weighted by molar-refractivity contribution is 7.91. The Morgan fingerprint density at radius 3 is 2.75 bits per heavy atom. The van der Waals surface area contributed by atoms with Crippen molar-refractivity contribution >= 4 is 27.4 Å². The third-order valence-electron chi connectivity index (χ3n) is 5.19. The molecule has 8 nitrogen and oxygen atoms in total. The van der Waals surface area contributed by atoms with E-state index in [1.165, 1.54) is 0 Å². The number of aromatic nitrogens is 2. The summed E-state index contributed by atoms with van der Waals surface area (Å²) in [5.41, 5.74) is 1.67. The molecule has 3 heterocycles. The van der Waals surface area contributed by atoms with E-state index >= 15 is 0 Å². The molecule has 1 aliphatic rings. The van der Waals surface area contributed by atoms with Crippen molar-refractivity contribution in [3.63, 3.8) is 0 Å². The minimum absolute atomic E-state index is 0.0389. The molecule has 0 saturated carbocycles. The van der Waals surface area contributed by atoms with E-state index in [2.05, 4.69) is 4.98 Å². The molecule has 152 valence electrons. The van der Waals surface area contributed by atoms with E-state index in [9.17, 15) is 18.0 Å². The quantitative estimate of drug-likeness (QED) is 0.675. The number of imidazole rings is 1. The second-order valence-electron chi connectivity index (χ2n) is 7.21. The second kappa shape index (κ2) is 7.90. The van der Waals surface area contributed by atoms with Crippen LogP contribution in [-0.2, 0) is 19.4 Å². The Kier molecular flexibility index (Phi) is 5.74. The van der Waals surface area contributed by atoms with Crippen LogP contribution < -0.4 is 0 Å². The van der Waals surface area contributed by atoms with Crippen molar-refractivity contribution in [2.24, 2.45) is 0 Å². The van der Waals surface area contributed by atoms with Gasteiger partial charge in [0.1, 0.15) is 5.65 Å². The van der Waals surface area contributed by atoms with Crippen molar-refractivity contribution in [2.45, 2.75) is 45.7 Å². The fourth-order valence-corrected chi connectivity index (χ4v) is 5.23. The number of ether oxygens (including phenoxy) is 1. The Bertz CT molecular complexity index is 998. The summed E-state index contributed by atoms with van der Waals surface area (Å²) in [6.07, 6.45) is 2.67. The van der Waals surface area contributed by atoms with Gasteiger partial charge in [0.2, 0.25) is 0 Å². The lowest BCUT2D eigenvalue weighted by atomic mass is 10.1. The summed E-state index contributed by atoms with van der Waals surface area (Å²) >= 11 is 0. The number of pyridine rings is 1. The molecule has 1 saturated heterocycles. The number of aryl methyl sites for hydroxylation is 1. The minimum atomic E-state index is -3.12. The Morgan fingerprint density at radius 1 is 1.39 bits per heavy atom. The lowest BCUT2D eigenvalue weighted by molar-refractivity contribution is -0.138. The predicted octanol–water partition coefficient (Wildman–Crippen LogP) is 1.61. The Morgan fingerprint density at radius 2 is 2.14 bits per heavy atom. The van der Waals surface area contributed by atoms with Crippen LogP contribution >= 0.6 is 0 Å². The van der Waals surface area contributed by atoms with Crippen LogP contribution in [0.4, 0.5) is 0 Å². The zero-order chi connectivity index (χ0) is 20.5.